The van der Waals surface area contributed by atoms with Gasteiger partial charge in [0.1, 0.15) is 6.61 Å². The molecule has 1 fully saturated rings. The number of phosphoric acid groups is 1. The van der Waals surface area contributed by atoms with Gasteiger partial charge >= 0.3 is 19.8 Å². The van der Waals surface area contributed by atoms with E-state index in [1.165, 1.54) is 116 Å². The first-order valence-corrected chi connectivity index (χ1v) is 23.8. The van der Waals surface area contributed by atoms with Crippen LogP contribution in [0.1, 0.15) is 206 Å². The van der Waals surface area contributed by atoms with E-state index in [1.807, 2.05) is 0 Å². The van der Waals surface area contributed by atoms with E-state index in [-0.39, 0.29) is 38.6 Å². The van der Waals surface area contributed by atoms with E-state index in [2.05, 4.69) is 26.0 Å². The first-order valence-electron chi connectivity index (χ1n) is 22.3. The van der Waals surface area contributed by atoms with E-state index in [0.717, 1.165) is 57.8 Å². The molecule has 0 bridgehead atoms. The second-order valence-corrected chi connectivity index (χ2v) is 16.8. The number of hydrogen-bond donors (Lipinski definition) is 2. The van der Waals surface area contributed by atoms with Gasteiger partial charge < -0.3 is 24.8 Å². The number of nitrogens with two attached hydrogens (primary N) is 1. The smallest absolute Gasteiger partial charge is 0.462 e. The number of ether oxygens (including phenoxy) is 3. The van der Waals surface area contributed by atoms with Gasteiger partial charge in [-0.25, -0.2) is 4.57 Å². The number of rotatable bonds is 41. The summed E-state index contributed by atoms with van der Waals surface area (Å²) in [5.74, 6) is -0.840. The fraction of sp³-hybridized carbons (Fsp3) is 0.907. The minimum absolute atomic E-state index is 0.0511. The summed E-state index contributed by atoms with van der Waals surface area (Å²) >= 11 is 0. The molecular weight excluding hydrogens is 705 g/mol. The Balaban J connectivity index is 2.15. The minimum Gasteiger partial charge on any atom is -0.462 e. The van der Waals surface area contributed by atoms with Gasteiger partial charge in [0.25, 0.3) is 0 Å². The zero-order valence-electron chi connectivity index (χ0n) is 34.7. The summed E-state index contributed by atoms with van der Waals surface area (Å²) in [6.45, 7) is 3.70. The molecule has 0 amide bonds. The molecule has 3 unspecified atom stereocenters. The lowest BCUT2D eigenvalue weighted by molar-refractivity contribution is -0.161. The molecule has 4 atom stereocenters. The number of carbonyl (C=O) groups excluding carboxylic acids is 2. The van der Waals surface area contributed by atoms with Gasteiger partial charge in [-0.1, -0.05) is 167 Å². The van der Waals surface area contributed by atoms with Crippen LogP contribution in [0.3, 0.4) is 0 Å². The standard InChI is InChI=1S/C43H82NO9P/c1-3-5-7-8-9-10-11-12-13-14-15-16-17-18-22-25-29-33-42(45)49-37-39(38-51-54(47,48)50-36-35-44)52-43(46)34-30-26-23-20-19-21-24-28-32-41-40(53-41)31-27-6-4-2/h24,28,39-41H,3-23,25-27,29-38,44H2,1-2H3,(H,47,48)/b28-24-/t39-,40?,41?/m1/s1. The van der Waals surface area contributed by atoms with Crippen LogP contribution in [0, 0.1) is 0 Å². The molecule has 0 aliphatic carbocycles. The molecule has 1 rings (SSSR count). The topological polar surface area (TPSA) is 147 Å². The maximum atomic E-state index is 12.6. The Bertz CT molecular complexity index is 965. The third-order valence-electron chi connectivity index (χ3n) is 10.1. The van der Waals surface area contributed by atoms with Crippen molar-refractivity contribution in [2.75, 3.05) is 26.4 Å². The summed E-state index contributed by atoms with van der Waals surface area (Å²) in [6, 6.07) is 0. The van der Waals surface area contributed by atoms with Gasteiger partial charge in [-0.15, -0.1) is 0 Å². The first kappa shape index (κ1) is 50.7. The fourth-order valence-electron chi connectivity index (χ4n) is 6.64. The van der Waals surface area contributed by atoms with Crippen molar-refractivity contribution < 1.29 is 42.3 Å². The van der Waals surface area contributed by atoms with Crippen LogP contribution < -0.4 is 5.73 Å². The molecule has 0 aromatic carbocycles. The third-order valence-corrected chi connectivity index (χ3v) is 11.1. The molecular formula is C43H82NO9P. The van der Waals surface area contributed by atoms with Crippen LogP contribution in [0.15, 0.2) is 12.2 Å². The summed E-state index contributed by atoms with van der Waals surface area (Å²) in [7, 11) is -4.38. The molecule has 1 heterocycles. The molecule has 10 nitrogen and oxygen atoms in total. The van der Waals surface area contributed by atoms with Gasteiger partial charge in [-0.05, 0) is 38.5 Å². The van der Waals surface area contributed by atoms with Crippen molar-refractivity contribution >= 4 is 19.8 Å². The zero-order chi connectivity index (χ0) is 39.4. The summed E-state index contributed by atoms with van der Waals surface area (Å²) in [5, 5.41) is 0. The second kappa shape index (κ2) is 36.1. The van der Waals surface area contributed by atoms with Crippen LogP contribution >= 0.6 is 7.82 Å². The number of allylic oxidation sites excluding steroid dienone is 1. The molecule has 3 N–H and O–H groups in total. The molecule has 1 saturated heterocycles. The molecule has 0 saturated carbocycles. The highest BCUT2D eigenvalue weighted by Gasteiger charge is 2.36. The SMILES string of the molecule is CCCCCCCCCCCCCCCCCCCC(=O)OC[C@H](COP(=O)(O)OCCN)OC(=O)CCCCCCC/C=C\CC1OC1CCCCC. The Morgan fingerprint density at radius 2 is 1.15 bits per heavy atom. The van der Waals surface area contributed by atoms with Crippen molar-refractivity contribution in [2.45, 2.75) is 225 Å². The van der Waals surface area contributed by atoms with E-state index in [0.29, 0.717) is 18.6 Å². The number of esters is 2. The summed E-state index contributed by atoms with van der Waals surface area (Å²) in [4.78, 5) is 34.9. The minimum atomic E-state index is -4.38. The van der Waals surface area contributed by atoms with Crippen LogP contribution in [0.2, 0.25) is 0 Å². The van der Waals surface area contributed by atoms with Crippen molar-refractivity contribution in [3.63, 3.8) is 0 Å². The Morgan fingerprint density at radius 1 is 0.648 bits per heavy atom. The molecule has 318 valence electrons. The van der Waals surface area contributed by atoms with E-state index < -0.39 is 26.5 Å². The van der Waals surface area contributed by atoms with Crippen molar-refractivity contribution in [1.29, 1.82) is 0 Å². The lowest BCUT2D eigenvalue weighted by Gasteiger charge is -2.19. The van der Waals surface area contributed by atoms with Gasteiger partial charge in [0.05, 0.1) is 25.4 Å². The Morgan fingerprint density at radius 3 is 1.70 bits per heavy atom. The van der Waals surface area contributed by atoms with Gasteiger partial charge in [-0.2, -0.15) is 0 Å². The van der Waals surface area contributed by atoms with Gasteiger partial charge in [0, 0.05) is 19.4 Å². The molecule has 0 aromatic heterocycles. The van der Waals surface area contributed by atoms with E-state index >= 15 is 0 Å². The van der Waals surface area contributed by atoms with Crippen molar-refractivity contribution in [3.05, 3.63) is 12.2 Å². The average Bonchev–Trinajstić information content (AvgIpc) is 3.91. The van der Waals surface area contributed by atoms with Crippen molar-refractivity contribution in [3.8, 4) is 0 Å². The van der Waals surface area contributed by atoms with Gasteiger partial charge in [0.2, 0.25) is 0 Å². The lowest BCUT2D eigenvalue weighted by Crippen LogP contribution is -2.29. The Labute approximate surface area is 330 Å². The second-order valence-electron chi connectivity index (χ2n) is 15.3. The van der Waals surface area contributed by atoms with Gasteiger partial charge in [-0.3, -0.25) is 18.6 Å². The van der Waals surface area contributed by atoms with E-state index in [1.54, 1.807) is 0 Å². The van der Waals surface area contributed by atoms with Crippen LogP contribution in [-0.4, -0.2) is 61.5 Å². The predicted octanol–water partition coefficient (Wildman–Crippen LogP) is 11.6. The molecule has 11 heteroatoms. The van der Waals surface area contributed by atoms with Crippen molar-refractivity contribution in [2.24, 2.45) is 5.73 Å². The third kappa shape index (κ3) is 32.9. The summed E-state index contributed by atoms with van der Waals surface area (Å²) in [6.07, 6.45) is 38.4. The van der Waals surface area contributed by atoms with E-state index in [4.69, 9.17) is 29.0 Å². The lowest BCUT2D eigenvalue weighted by atomic mass is 10.0. The monoisotopic (exact) mass is 788 g/mol. The molecule has 1 aliphatic heterocycles. The zero-order valence-corrected chi connectivity index (χ0v) is 35.6. The van der Waals surface area contributed by atoms with Crippen LogP contribution in [0.25, 0.3) is 0 Å². The predicted molar refractivity (Wildman–Crippen MR) is 219 cm³/mol. The maximum Gasteiger partial charge on any atom is 0.472 e. The largest absolute Gasteiger partial charge is 0.472 e. The normalized spacial score (nSPS) is 17.1. The summed E-state index contributed by atoms with van der Waals surface area (Å²) < 4.78 is 38.5. The van der Waals surface area contributed by atoms with Gasteiger partial charge in [0.15, 0.2) is 6.10 Å². The summed E-state index contributed by atoms with van der Waals surface area (Å²) in [5.41, 5.74) is 5.35. The highest BCUT2D eigenvalue weighted by atomic mass is 31.2. The van der Waals surface area contributed by atoms with Crippen molar-refractivity contribution in [1.82, 2.24) is 0 Å². The average molecular weight is 788 g/mol. The number of hydrogen-bond acceptors (Lipinski definition) is 9. The van der Waals surface area contributed by atoms with Crippen LogP contribution in [-0.2, 0) is 37.4 Å². The van der Waals surface area contributed by atoms with Crippen LogP contribution in [0.5, 0.6) is 0 Å². The van der Waals surface area contributed by atoms with E-state index in [9.17, 15) is 19.0 Å². The molecule has 0 radical (unpaired) electrons. The molecule has 0 spiro atoms. The highest BCUT2D eigenvalue weighted by molar-refractivity contribution is 7.47. The number of unbranched alkanes of at least 4 members (excludes halogenated alkanes) is 23. The molecule has 0 aromatic rings. The number of phosphoric ester groups is 1. The first-order chi connectivity index (χ1) is 26.3. The molecule has 1 aliphatic rings. The highest BCUT2D eigenvalue weighted by Crippen LogP contribution is 2.43. The number of carbonyl (C=O) groups is 2. The Hall–Kier alpha value is -1.29. The number of epoxide rings is 1. The fourth-order valence-corrected chi connectivity index (χ4v) is 7.41. The Kier molecular flexibility index (Phi) is 33.9. The van der Waals surface area contributed by atoms with Crippen LogP contribution in [0.4, 0.5) is 0 Å². The quantitative estimate of drug-likeness (QED) is 0.0202. The molecule has 54 heavy (non-hydrogen) atoms. The maximum absolute atomic E-state index is 12.6.